The molecule has 6 nitrogen and oxygen atoms in total. The Kier molecular flexibility index (Phi) is 4.64. The topological polar surface area (TPSA) is 67.9 Å². The van der Waals surface area contributed by atoms with Crippen molar-refractivity contribution in [2.45, 2.75) is 38.1 Å². The van der Waals surface area contributed by atoms with Crippen LogP contribution in [-0.4, -0.2) is 42.6 Å². The minimum atomic E-state index is -0.699. The molecule has 6 heteroatoms. The van der Waals surface area contributed by atoms with Crippen LogP contribution in [0.3, 0.4) is 0 Å². The molecule has 1 heterocycles. The quantitative estimate of drug-likeness (QED) is 0.842. The van der Waals surface area contributed by atoms with E-state index in [0.29, 0.717) is 5.75 Å². The van der Waals surface area contributed by atoms with Gasteiger partial charge in [0.05, 0.1) is 13.7 Å². The van der Waals surface area contributed by atoms with Gasteiger partial charge in [0.2, 0.25) is 0 Å². The monoisotopic (exact) mass is 332 g/mol. The predicted octanol–water partition coefficient (Wildman–Crippen LogP) is 2.57. The first-order valence-electron chi connectivity index (χ1n) is 8.48. The van der Waals surface area contributed by atoms with E-state index in [2.05, 4.69) is 12.2 Å². The molecule has 0 radical (unpaired) electrons. The lowest BCUT2D eigenvalue weighted by Crippen LogP contribution is -2.54. The molecule has 130 valence electrons. The Bertz CT molecular complexity index is 616. The van der Waals surface area contributed by atoms with Crippen LogP contribution >= 0.6 is 0 Å². The Morgan fingerprint density at radius 1 is 1.21 bits per heavy atom. The maximum Gasteiger partial charge on any atom is 0.325 e. The van der Waals surface area contributed by atoms with Crippen LogP contribution in [0.25, 0.3) is 0 Å². The third-order valence-electron chi connectivity index (χ3n) is 5.14. The molecule has 0 aromatic heterocycles. The van der Waals surface area contributed by atoms with E-state index in [1.807, 2.05) is 12.1 Å². The van der Waals surface area contributed by atoms with Gasteiger partial charge in [0.1, 0.15) is 23.6 Å². The Hall–Kier alpha value is -2.24. The summed E-state index contributed by atoms with van der Waals surface area (Å²) in [7, 11) is 1.61. The zero-order valence-electron chi connectivity index (χ0n) is 14.2. The first-order valence-corrected chi connectivity index (χ1v) is 8.48. The SMILES string of the molecule is COc1ccc(OCCN2C(=O)N[C@@]3(CCCC[C@H]3C)C2=O)cc1. The third kappa shape index (κ3) is 2.92. The highest BCUT2D eigenvalue weighted by atomic mass is 16.5. The van der Waals surface area contributed by atoms with E-state index in [-0.39, 0.29) is 31.0 Å². The average Bonchev–Trinajstić information content (AvgIpc) is 2.83. The minimum Gasteiger partial charge on any atom is -0.497 e. The molecule has 2 aliphatic rings. The van der Waals surface area contributed by atoms with Crippen molar-refractivity contribution < 1.29 is 19.1 Å². The lowest BCUT2D eigenvalue weighted by Gasteiger charge is -2.36. The van der Waals surface area contributed by atoms with E-state index in [0.717, 1.165) is 31.4 Å². The largest absolute Gasteiger partial charge is 0.497 e. The molecule has 24 heavy (non-hydrogen) atoms. The first-order chi connectivity index (χ1) is 11.6. The van der Waals surface area contributed by atoms with Gasteiger partial charge in [-0.25, -0.2) is 4.79 Å². The van der Waals surface area contributed by atoms with Crippen LogP contribution in [-0.2, 0) is 4.79 Å². The van der Waals surface area contributed by atoms with E-state index in [9.17, 15) is 9.59 Å². The van der Waals surface area contributed by atoms with Crippen LogP contribution < -0.4 is 14.8 Å². The summed E-state index contributed by atoms with van der Waals surface area (Å²) in [4.78, 5) is 26.3. The summed E-state index contributed by atoms with van der Waals surface area (Å²) >= 11 is 0. The van der Waals surface area contributed by atoms with Crippen molar-refractivity contribution in [3.8, 4) is 11.5 Å². The van der Waals surface area contributed by atoms with Gasteiger partial charge in [0.25, 0.3) is 5.91 Å². The van der Waals surface area contributed by atoms with E-state index in [4.69, 9.17) is 9.47 Å². The lowest BCUT2D eigenvalue weighted by atomic mass is 9.73. The highest BCUT2D eigenvalue weighted by Crippen LogP contribution is 2.38. The molecule has 0 unspecified atom stereocenters. The number of carbonyl (C=O) groups excluding carboxylic acids is 2. The number of nitrogens with one attached hydrogen (secondary N) is 1. The van der Waals surface area contributed by atoms with Gasteiger partial charge in [-0.05, 0) is 43.0 Å². The summed E-state index contributed by atoms with van der Waals surface area (Å²) < 4.78 is 10.7. The molecule has 3 rings (SSSR count). The third-order valence-corrected chi connectivity index (χ3v) is 5.14. The van der Waals surface area contributed by atoms with Crippen molar-refractivity contribution in [3.63, 3.8) is 0 Å². The minimum absolute atomic E-state index is 0.0990. The predicted molar refractivity (Wildman–Crippen MR) is 89.1 cm³/mol. The highest BCUT2D eigenvalue weighted by molar-refractivity contribution is 6.07. The fraction of sp³-hybridized carbons (Fsp3) is 0.556. The molecule has 2 fully saturated rings. The second-order valence-electron chi connectivity index (χ2n) is 6.53. The Balaban J connectivity index is 1.58. The summed E-state index contributed by atoms with van der Waals surface area (Å²) in [6.45, 7) is 2.58. The molecule has 1 spiro atoms. The molecule has 1 N–H and O–H groups in total. The Morgan fingerprint density at radius 3 is 2.58 bits per heavy atom. The summed E-state index contributed by atoms with van der Waals surface area (Å²) in [5, 5.41) is 2.95. The van der Waals surface area contributed by atoms with Crippen molar-refractivity contribution in [1.29, 1.82) is 0 Å². The van der Waals surface area contributed by atoms with Crippen LogP contribution in [0.4, 0.5) is 4.79 Å². The lowest BCUT2D eigenvalue weighted by molar-refractivity contribution is -0.134. The van der Waals surface area contributed by atoms with Crippen molar-refractivity contribution in [3.05, 3.63) is 24.3 Å². The van der Waals surface area contributed by atoms with Crippen LogP contribution in [0, 0.1) is 5.92 Å². The summed E-state index contributed by atoms with van der Waals surface area (Å²) in [6, 6.07) is 6.92. The maximum absolute atomic E-state index is 12.8. The average molecular weight is 332 g/mol. The van der Waals surface area contributed by atoms with Crippen LogP contribution in [0.15, 0.2) is 24.3 Å². The summed E-state index contributed by atoms with van der Waals surface area (Å²) in [5.41, 5.74) is -0.699. The van der Waals surface area contributed by atoms with Gasteiger partial charge in [0, 0.05) is 0 Å². The van der Waals surface area contributed by atoms with Crippen LogP contribution in [0.2, 0.25) is 0 Å². The van der Waals surface area contributed by atoms with Gasteiger partial charge >= 0.3 is 6.03 Å². The molecule has 2 atom stereocenters. The summed E-state index contributed by atoms with van der Waals surface area (Å²) in [6.07, 6.45) is 3.80. The standard InChI is InChI=1S/C18H24N2O4/c1-13-5-3-4-10-18(13)16(21)20(17(22)19-18)11-12-24-15-8-6-14(23-2)7-9-15/h6-9,13H,3-5,10-12H2,1-2H3,(H,19,22)/t13-,18-/m1/s1. The van der Waals surface area contributed by atoms with Gasteiger partial charge in [-0.3, -0.25) is 9.69 Å². The van der Waals surface area contributed by atoms with Crippen molar-refractivity contribution in [1.82, 2.24) is 10.2 Å². The second-order valence-corrected chi connectivity index (χ2v) is 6.53. The molecule has 3 amide bonds. The zero-order valence-corrected chi connectivity index (χ0v) is 14.2. The molecule has 1 saturated carbocycles. The number of nitrogens with zero attached hydrogens (tertiary/aromatic N) is 1. The molecular formula is C18H24N2O4. The fourth-order valence-corrected chi connectivity index (χ4v) is 3.63. The molecule has 1 aliphatic heterocycles. The number of ether oxygens (including phenoxy) is 2. The van der Waals surface area contributed by atoms with Crippen molar-refractivity contribution in [2.24, 2.45) is 5.92 Å². The Labute approximate surface area is 142 Å². The zero-order chi connectivity index (χ0) is 17.2. The number of hydrogen-bond acceptors (Lipinski definition) is 4. The van der Waals surface area contributed by atoms with E-state index in [1.54, 1.807) is 19.2 Å². The molecule has 0 bridgehead atoms. The van der Waals surface area contributed by atoms with Gasteiger partial charge in [-0.1, -0.05) is 19.8 Å². The van der Waals surface area contributed by atoms with Gasteiger partial charge in [0.15, 0.2) is 0 Å². The normalized spacial score (nSPS) is 26.6. The fourth-order valence-electron chi connectivity index (χ4n) is 3.63. The number of imide groups is 1. The molecule has 1 saturated heterocycles. The summed E-state index contributed by atoms with van der Waals surface area (Å²) in [5.74, 6) is 1.52. The molecule has 1 aromatic rings. The maximum atomic E-state index is 12.8. The number of carbonyl (C=O) groups is 2. The first kappa shape index (κ1) is 16.6. The van der Waals surface area contributed by atoms with Crippen LogP contribution in [0.5, 0.6) is 11.5 Å². The van der Waals surface area contributed by atoms with E-state index >= 15 is 0 Å². The number of amides is 3. The second kappa shape index (κ2) is 6.71. The molecule has 1 aromatic carbocycles. The van der Waals surface area contributed by atoms with Gasteiger partial charge in [-0.2, -0.15) is 0 Å². The number of rotatable bonds is 5. The number of urea groups is 1. The van der Waals surface area contributed by atoms with E-state index < -0.39 is 5.54 Å². The number of methoxy groups -OCH3 is 1. The van der Waals surface area contributed by atoms with E-state index in [1.165, 1.54) is 4.90 Å². The van der Waals surface area contributed by atoms with Gasteiger partial charge < -0.3 is 14.8 Å². The number of benzene rings is 1. The van der Waals surface area contributed by atoms with Crippen LogP contribution in [0.1, 0.15) is 32.6 Å². The number of hydrogen-bond donors (Lipinski definition) is 1. The van der Waals surface area contributed by atoms with Gasteiger partial charge in [-0.15, -0.1) is 0 Å². The van der Waals surface area contributed by atoms with Crippen molar-refractivity contribution >= 4 is 11.9 Å². The molecular weight excluding hydrogens is 308 g/mol. The highest BCUT2D eigenvalue weighted by Gasteiger charge is 2.54. The molecule has 1 aliphatic carbocycles. The Morgan fingerprint density at radius 2 is 1.92 bits per heavy atom. The smallest absolute Gasteiger partial charge is 0.325 e. The van der Waals surface area contributed by atoms with Crippen molar-refractivity contribution in [2.75, 3.05) is 20.3 Å².